The van der Waals surface area contributed by atoms with Crippen molar-refractivity contribution in [3.8, 4) is 0 Å². The summed E-state index contributed by atoms with van der Waals surface area (Å²) in [5, 5.41) is 8.17. The molecule has 18 heavy (non-hydrogen) atoms. The summed E-state index contributed by atoms with van der Waals surface area (Å²) in [6.07, 6.45) is 7.02. The molecule has 0 aromatic carbocycles. The van der Waals surface area contributed by atoms with Crippen LogP contribution in [0.15, 0.2) is 16.6 Å². The summed E-state index contributed by atoms with van der Waals surface area (Å²) in [7, 11) is 0. The molecule has 0 saturated carbocycles. The number of rotatable bonds is 4. The first-order chi connectivity index (χ1) is 8.16. The van der Waals surface area contributed by atoms with Crippen molar-refractivity contribution in [3.63, 3.8) is 0 Å². The number of allylic oxidation sites excluding steroid dienone is 2. The van der Waals surface area contributed by atoms with E-state index in [1.807, 2.05) is 0 Å². The van der Waals surface area contributed by atoms with Crippen LogP contribution in [0, 0.1) is 10.8 Å². The number of aryl methyl sites for hydroxylation is 1. The molecule has 0 aliphatic rings. The van der Waals surface area contributed by atoms with Crippen molar-refractivity contribution in [2.75, 3.05) is 0 Å². The second-order valence-electron chi connectivity index (χ2n) is 7.13. The Morgan fingerprint density at radius 2 is 1.61 bits per heavy atom. The lowest BCUT2D eigenvalue weighted by molar-refractivity contribution is 0.345. The van der Waals surface area contributed by atoms with Crippen molar-refractivity contribution < 1.29 is 4.42 Å². The van der Waals surface area contributed by atoms with Gasteiger partial charge in [0.2, 0.25) is 11.8 Å². The van der Waals surface area contributed by atoms with Gasteiger partial charge < -0.3 is 4.42 Å². The Bertz CT molecular complexity index is 391. The van der Waals surface area contributed by atoms with Crippen molar-refractivity contribution in [1.82, 2.24) is 10.2 Å². The lowest BCUT2D eigenvalue weighted by Gasteiger charge is -2.14. The molecule has 0 amide bonds. The molecule has 0 bridgehead atoms. The van der Waals surface area contributed by atoms with E-state index < -0.39 is 0 Å². The van der Waals surface area contributed by atoms with Crippen LogP contribution in [0.4, 0.5) is 0 Å². The van der Waals surface area contributed by atoms with E-state index in [1.165, 1.54) is 0 Å². The Labute approximate surface area is 111 Å². The van der Waals surface area contributed by atoms with Gasteiger partial charge in [-0.3, -0.25) is 0 Å². The Kier molecular flexibility index (Phi) is 4.71. The minimum atomic E-state index is 0.190. The Hall–Kier alpha value is -1.12. The van der Waals surface area contributed by atoms with Gasteiger partial charge in [-0.1, -0.05) is 53.7 Å². The SMILES string of the molecule is CC(C)(C)/C=C/CCc1nnc(CC(C)(C)C)o1. The highest BCUT2D eigenvalue weighted by Gasteiger charge is 2.16. The summed E-state index contributed by atoms with van der Waals surface area (Å²) in [5.41, 5.74) is 0.433. The maximum atomic E-state index is 5.64. The van der Waals surface area contributed by atoms with E-state index in [0.717, 1.165) is 31.0 Å². The van der Waals surface area contributed by atoms with Crippen LogP contribution in [0.1, 0.15) is 59.7 Å². The average Bonchev–Trinajstić information content (AvgIpc) is 2.56. The molecule has 0 N–H and O–H groups in total. The molecule has 1 aromatic rings. The zero-order valence-electron chi connectivity index (χ0n) is 12.6. The molecule has 0 spiro atoms. The highest BCUT2D eigenvalue weighted by molar-refractivity contribution is 4.94. The van der Waals surface area contributed by atoms with Gasteiger partial charge in [-0.2, -0.15) is 0 Å². The molecule has 0 fully saturated rings. The van der Waals surface area contributed by atoms with Crippen LogP contribution in [0.5, 0.6) is 0 Å². The van der Waals surface area contributed by atoms with Crippen molar-refractivity contribution in [3.05, 3.63) is 23.9 Å². The van der Waals surface area contributed by atoms with E-state index in [2.05, 4.69) is 63.9 Å². The Balaban J connectivity index is 2.43. The molecule has 3 nitrogen and oxygen atoms in total. The minimum Gasteiger partial charge on any atom is -0.425 e. The molecule has 3 heteroatoms. The lowest BCUT2D eigenvalue weighted by Crippen LogP contribution is -2.09. The van der Waals surface area contributed by atoms with Crippen molar-refractivity contribution in [2.24, 2.45) is 10.8 Å². The van der Waals surface area contributed by atoms with E-state index in [-0.39, 0.29) is 10.8 Å². The monoisotopic (exact) mass is 250 g/mol. The predicted molar refractivity (Wildman–Crippen MR) is 74.4 cm³/mol. The van der Waals surface area contributed by atoms with Gasteiger partial charge in [0, 0.05) is 12.8 Å². The fourth-order valence-electron chi connectivity index (χ4n) is 1.56. The molecule has 0 aliphatic carbocycles. The molecule has 0 radical (unpaired) electrons. The summed E-state index contributed by atoms with van der Waals surface area (Å²) in [6, 6.07) is 0. The number of nitrogens with zero attached hydrogens (tertiary/aromatic N) is 2. The summed E-state index contributed by atoms with van der Waals surface area (Å²) in [6.45, 7) is 13.1. The van der Waals surface area contributed by atoms with Crippen LogP contribution in [0.3, 0.4) is 0 Å². The summed E-state index contributed by atoms with van der Waals surface area (Å²) >= 11 is 0. The fraction of sp³-hybridized carbons (Fsp3) is 0.733. The largest absolute Gasteiger partial charge is 0.425 e. The molecular weight excluding hydrogens is 224 g/mol. The van der Waals surface area contributed by atoms with E-state index in [9.17, 15) is 0 Å². The van der Waals surface area contributed by atoms with Crippen LogP contribution in [-0.4, -0.2) is 10.2 Å². The fourth-order valence-corrected chi connectivity index (χ4v) is 1.56. The zero-order chi connectivity index (χ0) is 13.8. The van der Waals surface area contributed by atoms with Crippen LogP contribution in [0.2, 0.25) is 0 Å². The Morgan fingerprint density at radius 3 is 2.17 bits per heavy atom. The smallest absolute Gasteiger partial charge is 0.217 e. The number of hydrogen-bond donors (Lipinski definition) is 0. The second-order valence-corrected chi connectivity index (χ2v) is 7.13. The maximum absolute atomic E-state index is 5.64. The van der Waals surface area contributed by atoms with Crippen molar-refractivity contribution in [2.45, 2.75) is 60.8 Å². The summed E-state index contributed by atoms with van der Waals surface area (Å²) < 4.78 is 5.64. The molecule has 1 rings (SSSR count). The average molecular weight is 250 g/mol. The van der Waals surface area contributed by atoms with Crippen LogP contribution in [-0.2, 0) is 12.8 Å². The lowest BCUT2D eigenvalue weighted by atomic mass is 9.92. The van der Waals surface area contributed by atoms with Crippen LogP contribution < -0.4 is 0 Å². The third kappa shape index (κ3) is 6.58. The van der Waals surface area contributed by atoms with E-state index in [0.29, 0.717) is 0 Å². The Morgan fingerprint density at radius 1 is 1.00 bits per heavy atom. The normalized spacial score (nSPS) is 13.4. The van der Waals surface area contributed by atoms with Gasteiger partial charge >= 0.3 is 0 Å². The van der Waals surface area contributed by atoms with Gasteiger partial charge in [-0.05, 0) is 17.3 Å². The van der Waals surface area contributed by atoms with Crippen LogP contribution >= 0.6 is 0 Å². The molecule has 0 atom stereocenters. The zero-order valence-corrected chi connectivity index (χ0v) is 12.6. The van der Waals surface area contributed by atoms with E-state index in [1.54, 1.807) is 0 Å². The van der Waals surface area contributed by atoms with E-state index in [4.69, 9.17) is 4.42 Å². The minimum absolute atomic E-state index is 0.190. The highest BCUT2D eigenvalue weighted by Crippen LogP contribution is 2.20. The summed E-state index contributed by atoms with van der Waals surface area (Å²) in [5.74, 6) is 1.49. The molecule has 0 aliphatic heterocycles. The van der Waals surface area contributed by atoms with Gasteiger partial charge in [0.25, 0.3) is 0 Å². The highest BCUT2D eigenvalue weighted by atomic mass is 16.4. The van der Waals surface area contributed by atoms with Crippen LogP contribution in [0.25, 0.3) is 0 Å². The first kappa shape index (κ1) is 14.9. The first-order valence-corrected chi connectivity index (χ1v) is 6.65. The van der Waals surface area contributed by atoms with Gasteiger partial charge in [-0.15, -0.1) is 10.2 Å². The van der Waals surface area contributed by atoms with Crippen molar-refractivity contribution >= 4 is 0 Å². The van der Waals surface area contributed by atoms with Gasteiger partial charge in [0.05, 0.1) is 0 Å². The molecule has 0 saturated heterocycles. The third-order valence-corrected chi connectivity index (χ3v) is 2.33. The number of hydrogen-bond acceptors (Lipinski definition) is 3. The third-order valence-electron chi connectivity index (χ3n) is 2.33. The molecule has 0 unspecified atom stereocenters. The molecule has 1 heterocycles. The van der Waals surface area contributed by atoms with Crippen molar-refractivity contribution in [1.29, 1.82) is 0 Å². The van der Waals surface area contributed by atoms with Gasteiger partial charge in [0.15, 0.2) is 0 Å². The number of aromatic nitrogens is 2. The molecule has 1 aromatic heterocycles. The summed E-state index contributed by atoms with van der Waals surface area (Å²) in [4.78, 5) is 0. The van der Waals surface area contributed by atoms with Gasteiger partial charge in [0.1, 0.15) is 0 Å². The standard InChI is InChI=1S/C15H26N2O/c1-14(2,3)10-8-7-9-12-16-17-13(18-12)11-15(4,5)6/h8,10H,7,9,11H2,1-6H3/b10-8+. The predicted octanol–water partition coefficient (Wildman–Crippen LogP) is 4.19. The maximum Gasteiger partial charge on any atom is 0.217 e. The quantitative estimate of drug-likeness (QED) is 0.752. The molecule has 102 valence electrons. The second kappa shape index (κ2) is 5.68. The van der Waals surface area contributed by atoms with E-state index >= 15 is 0 Å². The first-order valence-electron chi connectivity index (χ1n) is 6.65. The van der Waals surface area contributed by atoms with Gasteiger partial charge in [-0.25, -0.2) is 0 Å². The molecular formula is C15H26N2O. The topological polar surface area (TPSA) is 38.9 Å².